The summed E-state index contributed by atoms with van der Waals surface area (Å²) >= 11 is 13.8. The van der Waals surface area contributed by atoms with Crippen molar-refractivity contribution in [2.75, 3.05) is 31.6 Å². The van der Waals surface area contributed by atoms with E-state index in [4.69, 9.17) is 37.4 Å². The smallest absolute Gasteiger partial charge is 0.415 e. The number of alkyl halides is 2. The second kappa shape index (κ2) is 15.9. The average molecular weight is 751 g/mol. The zero-order valence-electron chi connectivity index (χ0n) is 26.7. The molecule has 3 fully saturated rings. The first kappa shape index (κ1) is 35.8. The molecule has 0 N–H and O–H groups in total. The monoisotopic (exact) mass is 749 g/mol. The van der Waals surface area contributed by atoms with Crippen molar-refractivity contribution in [1.82, 2.24) is 9.88 Å². The number of thiophene rings is 1. The van der Waals surface area contributed by atoms with Crippen molar-refractivity contribution in [2.24, 2.45) is 5.92 Å². The van der Waals surface area contributed by atoms with Crippen LogP contribution in [0.25, 0.3) is 0 Å². The lowest BCUT2D eigenvalue weighted by molar-refractivity contribution is -0.0512. The highest BCUT2D eigenvalue weighted by atomic mass is 35.5. The lowest BCUT2D eigenvalue weighted by Crippen LogP contribution is -2.53. The van der Waals surface area contributed by atoms with E-state index >= 15 is 4.39 Å². The number of rotatable bonds is 12. The molecule has 2 aromatic carbocycles. The third kappa shape index (κ3) is 8.28. The molecule has 2 bridgehead atoms. The quantitative estimate of drug-likeness (QED) is 0.133. The summed E-state index contributed by atoms with van der Waals surface area (Å²) in [5.74, 6) is -1.26. The van der Waals surface area contributed by atoms with Gasteiger partial charge in [-0.05, 0) is 79.4 Å². The van der Waals surface area contributed by atoms with Gasteiger partial charge in [-0.3, -0.25) is 14.8 Å². The number of anilines is 1. The second-order valence-electron chi connectivity index (χ2n) is 11.8. The Balaban J connectivity index is 1.23. The summed E-state index contributed by atoms with van der Waals surface area (Å²) in [4.78, 5) is 35.5. The first-order valence-corrected chi connectivity index (χ1v) is 17.3. The first-order valence-electron chi connectivity index (χ1n) is 15.7. The van der Waals surface area contributed by atoms with Gasteiger partial charge < -0.3 is 18.9 Å². The number of aromatic nitrogens is 1. The molecule has 0 unspecified atom stereocenters. The van der Waals surface area contributed by atoms with E-state index in [9.17, 15) is 18.4 Å². The van der Waals surface area contributed by atoms with Crippen LogP contribution in [0.15, 0.2) is 67.0 Å². The normalized spacial score (nSPS) is 18.8. The lowest BCUT2D eigenvalue weighted by Gasteiger charge is -2.44. The topological polar surface area (TPSA) is 90.4 Å². The SMILES string of the molecule is COc1cc([C@H](Cc2c(Cl)cncc2Cl)OC(=O)c2ccc(CN(C(=O)O[C@H]3CN4CCC3CC4)c3ccccc3F)s2)ccc1OC(F)F. The minimum atomic E-state index is -3.08. The van der Waals surface area contributed by atoms with Crippen LogP contribution in [0.5, 0.6) is 11.5 Å². The van der Waals surface area contributed by atoms with Gasteiger partial charge in [0.15, 0.2) is 11.5 Å². The summed E-state index contributed by atoms with van der Waals surface area (Å²) in [7, 11) is 1.29. The van der Waals surface area contributed by atoms with E-state index in [1.165, 1.54) is 60.8 Å². The molecule has 2 atom stereocenters. The number of benzene rings is 2. The minimum Gasteiger partial charge on any atom is -0.493 e. The van der Waals surface area contributed by atoms with E-state index in [1.807, 2.05) is 0 Å². The maximum absolute atomic E-state index is 15.0. The number of nitrogens with zero attached hydrogens (tertiary/aromatic N) is 3. The third-order valence-corrected chi connectivity index (χ3v) is 10.5. The van der Waals surface area contributed by atoms with E-state index in [-0.39, 0.29) is 57.1 Å². The highest BCUT2D eigenvalue weighted by Crippen LogP contribution is 2.37. The molecule has 3 aliphatic rings. The third-order valence-electron chi connectivity index (χ3n) is 8.76. The van der Waals surface area contributed by atoms with Crippen molar-refractivity contribution in [3.8, 4) is 11.5 Å². The largest absolute Gasteiger partial charge is 0.493 e. The molecule has 0 saturated carbocycles. The molecular weight excluding hydrogens is 718 g/mol. The molecule has 0 radical (unpaired) electrons. The molecule has 0 aliphatic carbocycles. The van der Waals surface area contributed by atoms with Crippen molar-refractivity contribution >= 4 is 52.3 Å². The number of carbonyl (C=O) groups excluding carboxylic acids is 2. The molecule has 50 heavy (non-hydrogen) atoms. The van der Waals surface area contributed by atoms with Crippen LogP contribution in [0.1, 0.15) is 44.6 Å². The fourth-order valence-corrected chi connectivity index (χ4v) is 7.59. The van der Waals surface area contributed by atoms with Gasteiger partial charge >= 0.3 is 18.7 Å². The minimum absolute atomic E-state index is 0.00690. The van der Waals surface area contributed by atoms with Gasteiger partial charge in [0.1, 0.15) is 22.9 Å². The number of carbonyl (C=O) groups is 2. The Morgan fingerprint density at radius 2 is 1.78 bits per heavy atom. The van der Waals surface area contributed by atoms with Gasteiger partial charge in [-0.15, -0.1) is 11.3 Å². The molecule has 9 nitrogen and oxygen atoms in total. The Bertz CT molecular complexity index is 1820. The highest BCUT2D eigenvalue weighted by molar-refractivity contribution is 7.14. The van der Waals surface area contributed by atoms with Crippen LogP contribution >= 0.6 is 34.5 Å². The molecule has 264 valence electrons. The Hall–Kier alpha value is -4.04. The van der Waals surface area contributed by atoms with Crippen LogP contribution in [0.2, 0.25) is 10.0 Å². The lowest BCUT2D eigenvalue weighted by atomic mass is 9.86. The van der Waals surface area contributed by atoms with Crippen molar-refractivity contribution < 1.29 is 41.7 Å². The van der Waals surface area contributed by atoms with Gasteiger partial charge in [0, 0.05) is 30.2 Å². The van der Waals surface area contributed by atoms with E-state index in [0.29, 0.717) is 22.5 Å². The molecule has 7 rings (SSSR count). The van der Waals surface area contributed by atoms with Crippen molar-refractivity contribution in [3.63, 3.8) is 0 Å². The van der Waals surface area contributed by atoms with Gasteiger partial charge in [-0.25, -0.2) is 14.0 Å². The van der Waals surface area contributed by atoms with Crippen molar-refractivity contribution in [2.45, 2.75) is 44.6 Å². The predicted octanol–water partition coefficient (Wildman–Crippen LogP) is 8.58. The average Bonchev–Trinajstić information content (AvgIpc) is 3.58. The Labute approximate surface area is 300 Å². The van der Waals surface area contributed by atoms with Crippen LogP contribution in [-0.2, 0) is 22.4 Å². The zero-order valence-corrected chi connectivity index (χ0v) is 29.0. The van der Waals surface area contributed by atoms with Crippen molar-refractivity contribution in [1.29, 1.82) is 0 Å². The van der Waals surface area contributed by atoms with Crippen LogP contribution in [0.3, 0.4) is 0 Å². The van der Waals surface area contributed by atoms with Gasteiger partial charge in [-0.1, -0.05) is 41.4 Å². The number of esters is 1. The highest BCUT2D eigenvalue weighted by Gasteiger charge is 2.38. The van der Waals surface area contributed by atoms with Crippen LogP contribution < -0.4 is 14.4 Å². The number of hydrogen-bond donors (Lipinski definition) is 0. The number of fused-ring (bicyclic) bond motifs is 3. The second-order valence-corrected chi connectivity index (χ2v) is 13.8. The first-order chi connectivity index (χ1) is 24.1. The summed E-state index contributed by atoms with van der Waals surface area (Å²) in [6.45, 7) is -0.560. The van der Waals surface area contributed by atoms with Crippen molar-refractivity contribution in [3.05, 3.63) is 104 Å². The maximum Gasteiger partial charge on any atom is 0.415 e. The summed E-state index contributed by atoms with van der Waals surface area (Å²) in [5, 5.41) is 0.472. The van der Waals surface area contributed by atoms with Gasteiger partial charge in [0.05, 0.1) is 29.4 Å². The molecule has 5 heterocycles. The Morgan fingerprint density at radius 3 is 2.44 bits per heavy atom. The maximum atomic E-state index is 15.0. The Morgan fingerprint density at radius 1 is 1.04 bits per heavy atom. The predicted molar refractivity (Wildman–Crippen MR) is 182 cm³/mol. The van der Waals surface area contributed by atoms with E-state index in [1.54, 1.807) is 18.2 Å². The summed E-state index contributed by atoms with van der Waals surface area (Å²) < 4.78 is 62.7. The number of piperidine rings is 3. The van der Waals surface area contributed by atoms with Crippen LogP contribution in [0.4, 0.5) is 23.7 Å². The van der Waals surface area contributed by atoms with Gasteiger partial charge in [0.2, 0.25) is 0 Å². The van der Waals surface area contributed by atoms with Gasteiger partial charge in [0.25, 0.3) is 0 Å². The molecule has 3 saturated heterocycles. The molecule has 15 heteroatoms. The molecular formula is C35H32Cl2F3N3O6S. The van der Waals surface area contributed by atoms with E-state index in [0.717, 1.165) is 37.3 Å². The summed E-state index contributed by atoms with van der Waals surface area (Å²) in [6, 6.07) is 13.3. The number of para-hydroxylation sites is 1. The number of methoxy groups -OCH3 is 1. The Kier molecular flexibility index (Phi) is 11.4. The van der Waals surface area contributed by atoms with Crippen LogP contribution in [-0.4, -0.2) is 61.4 Å². The molecule has 1 amide bonds. The number of ether oxygens (including phenoxy) is 4. The number of amides is 1. The van der Waals surface area contributed by atoms with E-state index in [2.05, 4.69) is 14.6 Å². The number of pyridine rings is 1. The molecule has 0 spiro atoms. The fourth-order valence-electron chi connectivity index (χ4n) is 6.20. The fraction of sp³-hybridized carbons (Fsp3) is 0.343. The molecule has 2 aromatic heterocycles. The van der Waals surface area contributed by atoms with E-state index < -0.39 is 30.6 Å². The standard InChI is InChI=1S/C35H32Cl2F3N3O6S/c1-46-30-14-21(6-8-28(30)48-34(39)40)29(15-23-24(36)16-41-17-25(23)37)47-33(44)32-9-7-22(50-32)18-43(27-5-3-2-4-26(27)38)35(45)49-31-19-42-12-10-20(31)11-13-42/h2-9,14,16-17,20,29,31,34H,10-13,15,18-19H2,1H3/t29-,31-/m0/s1. The molecule has 4 aromatic rings. The summed E-state index contributed by atoms with van der Waals surface area (Å²) in [6.07, 6.45) is 2.71. The molecule has 3 aliphatic heterocycles. The zero-order chi connectivity index (χ0) is 35.4. The number of hydrogen-bond acceptors (Lipinski definition) is 9. The summed E-state index contributed by atoms with van der Waals surface area (Å²) in [5.41, 5.74) is 0.886. The number of halogens is 5. The van der Waals surface area contributed by atoms with Crippen LogP contribution in [0, 0.1) is 11.7 Å². The van der Waals surface area contributed by atoms with Gasteiger partial charge in [-0.2, -0.15) is 8.78 Å².